The third kappa shape index (κ3) is 5.29. The first-order valence-electron chi connectivity index (χ1n) is 9.00. The summed E-state index contributed by atoms with van der Waals surface area (Å²) in [6, 6.07) is 5.64. The molecule has 0 atom stereocenters. The van der Waals surface area contributed by atoms with Crippen LogP contribution in [0, 0.1) is 12.8 Å². The zero-order chi connectivity index (χ0) is 17.5. The number of para-hydroxylation sites is 1. The molecule has 0 spiro atoms. The Kier molecular flexibility index (Phi) is 6.71. The Bertz CT molecular complexity index is 676. The molecule has 130 valence electrons. The van der Waals surface area contributed by atoms with Crippen LogP contribution in [0.1, 0.15) is 69.1 Å². The topological polar surface area (TPSA) is 54.9 Å². The van der Waals surface area contributed by atoms with Crippen molar-refractivity contribution in [3.8, 4) is 0 Å². The molecule has 0 saturated heterocycles. The first kappa shape index (κ1) is 18.4. The van der Waals surface area contributed by atoms with Crippen molar-refractivity contribution in [1.82, 2.24) is 15.3 Å². The second kappa shape index (κ2) is 8.76. The van der Waals surface area contributed by atoms with Crippen LogP contribution in [0.4, 0.5) is 0 Å². The van der Waals surface area contributed by atoms with Crippen molar-refractivity contribution in [2.75, 3.05) is 0 Å². The number of fused-ring (bicyclic) bond motifs is 1. The first-order valence-corrected chi connectivity index (χ1v) is 9.00. The number of hydrogen-bond acceptors (Lipinski definition) is 3. The normalized spacial score (nSPS) is 15.0. The standard InChI is InChI=1S/C13H15N3O.C7H14/c1-8(2)15-13(17)11-6-4-5-10-7-14-9(3)16-12(10)11;1-7-5-3-2-4-6-7/h4-8H,1-3H3,(H,15,17);7H,2-6H2,1H3. The van der Waals surface area contributed by atoms with Crippen molar-refractivity contribution < 1.29 is 4.79 Å². The Morgan fingerprint density at radius 3 is 2.50 bits per heavy atom. The molecule has 1 saturated carbocycles. The molecule has 1 aliphatic rings. The number of amides is 1. The van der Waals surface area contributed by atoms with E-state index in [1.54, 1.807) is 12.3 Å². The maximum atomic E-state index is 12.0. The van der Waals surface area contributed by atoms with Gasteiger partial charge in [0.05, 0.1) is 11.1 Å². The smallest absolute Gasteiger partial charge is 0.253 e. The molecule has 0 aliphatic heterocycles. The summed E-state index contributed by atoms with van der Waals surface area (Å²) in [5.74, 6) is 1.61. The summed E-state index contributed by atoms with van der Waals surface area (Å²) in [5.41, 5.74) is 1.31. The van der Waals surface area contributed by atoms with Crippen LogP contribution < -0.4 is 5.32 Å². The number of aromatic nitrogens is 2. The molecule has 2 aromatic rings. The number of rotatable bonds is 2. The van der Waals surface area contributed by atoms with Crippen molar-refractivity contribution in [3.63, 3.8) is 0 Å². The van der Waals surface area contributed by atoms with Crippen LogP contribution in [-0.2, 0) is 0 Å². The fraction of sp³-hybridized carbons (Fsp3) is 0.550. The van der Waals surface area contributed by atoms with Crippen LogP contribution in [0.5, 0.6) is 0 Å². The van der Waals surface area contributed by atoms with E-state index < -0.39 is 0 Å². The summed E-state index contributed by atoms with van der Waals surface area (Å²) in [6.07, 6.45) is 9.18. The second-order valence-corrected chi connectivity index (χ2v) is 7.03. The molecular weight excluding hydrogens is 298 g/mol. The predicted octanol–water partition coefficient (Wildman–Crippen LogP) is 4.66. The van der Waals surface area contributed by atoms with E-state index in [1.165, 1.54) is 32.1 Å². The third-order valence-corrected chi connectivity index (χ3v) is 4.29. The van der Waals surface area contributed by atoms with Gasteiger partial charge in [0.25, 0.3) is 5.91 Å². The largest absolute Gasteiger partial charge is 0.350 e. The van der Waals surface area contributed by atoms with E-state index in [-0.39, 0.29) is 11.9 Å². The van der Waals surface area contributed by atoms with Crippen LogP contribution in [-0.4, -0.2) is 21.9 Å². The van der Waals surface area contributed by atoms with E-state index in [4.69, 9.17) is 0 Å². The molecule has 1 aliphatic carbocycles. The lowest BCUT2D eigenvalue weighted by Gasteiger charge is -2.15. The van der Waals surface area contributed by atoms with Crippen molar-refractivity contribution >= 4 is 16.8 Å². The van der Waals surface area contributed by atoms with E-state index in [0.29, 0.717) is 16.9 Å². The summed E-state index contributed by atoms with van der Waals surface area (Å²) in [7, 11) is 0. The quantitative estimate of drug-likeness (QED) is 0.872. The summed E-state index contributed by atoms with van der Waals surface area (Å²) >= 11 is 0. The zero-order valence-corrected chi connectivity index (χ0v) is 15.3. The highest BCUT2D eigenvalue weighted by molar-refractivity contribution is 6.05. The molecule has 24 heavy (non-hydrogen) atoms. The number of carbonyl (C=O) groups excluding carboxylic acids is 1. The Labute approximate surface area is 145 Å². The molecule has 0 bridgehead atoms. The average molecular weight is 327 g/mol. The molecule has 4 heteroatoms. The van der Waals surface area contributed by atoms with E-state index in [1.807, 2.05) is 32.9 Å². The molecule has 0 radical (unpaired) electrons. The monoisotopic (exact) mass is 327 g/mol. The number of nitrogens with zero attached hydrogens (tertiary/aromatic N) is 2. The van der Waals surface area contributed by atoms with Gasteiger partial charge in [-0.2, -0.15) is 0 Å². The maximum absolute atomic E-state index is 12.0. The Morgan fingerprint density at radius 1 is 1.21 bits per heavy atom. The van der Waals surface area contributed by atoms with Crippen molar-refractivity contribution in [1.29, 1.82) is 0 Å². The van der Waals surface area contributed by atoms with Crippen LogP contribution in [0.2, 0.25) is 0 Å². The van der Waals surface area contributed by atoms with Crippen molar-refractivity contribution in [3.05, 3.63) is 35.8 Å². The lowest BCUT2D eigenvalue weighted by molar-refractivity contribution is 0.0944. The van der Waals surface area contributed by atoms with Crippen LogP contribution in [0.15, 0.2) is 24.4 Å². The average Bonchev–Trinajstić information content (AvgIpc) is 2.55. The minimum absolute atomic E-state index is 0.0938. The molecular formula is C20H29N3O. The Hall–Kier alpha value is -1.97. The zero-order valence-electron chi connectivity index (χ0n) is 15.3. The van der Waals surface area contributed by atoms with Gasteiger partial charge in [0.1, 0.15) is 5.82 Å². The van der Waals surface area contributed by atoms with Crippen molar-refractivity contribution in [2.45, 2.75) is 65.8 Å². The van der Waals surface area contributed by atoms with E-state index in [0.717, 1.165) is 11.3 Å². The lowest BCUT2D eigenvalue weighted by atomic mass is 9.91. The lowest BCUT2D eigenvalue weighted by Crippen LogP contribution is -2.30. The van der Waals surface area contributed by atoms with Gasteiger partial charge in [0.2, 0.25) is 0 Å². The highest BCUT2D eigenvalue weighted by Gasteiger charge is 2.12. The molecule has 1 amide bonds. The third-order valence-electron chi connectivity index (χ3n) is 4.29. The van der Waals surface area contributed by atoms with Gasteiger partial charge in [0, 0.05) is 17.6 Å². The summed E-state index contributed by atoms with van der Waals surface area (Å²) in [5, 5.41) is 3.75. The summed E-state index contributed by atoms with van der Waals surface area (Å²) in [6.45, 7) is 8.04. The van der Waals surface area contributed by atoms with E-state index in [2.05, 4.69) is 22.2 Å². The highest BCUT2D eigenvalue weighted by Crippen LogP contribution is 2.22. The van der Waals surface area contributed by atoms with Gasteiger partial charge in [0.15, 0.2) is 0 Å². The SMILES string of the molecule is CC1CCCCC1.Cc1ncc2cccc(C(=O)NC(C)C)c2n1. The minimum Gasteiger partial charge on any atom is -0.350 e. The first-order chi connectivity index (χ1) is 11.5. The minimum atomic E-state index is -0.0938. The molecule has 1 N–H and O–H groups in total. The molecule has 4 nitrogen and oxygen atoms in total. The highest BCUT2D eigenvalue weighted by atomic mass is 16.1. The van der Waals surface area contributed by atoms with Gasteiger partial charge in [-0.1, -0.05) is 51.2 Å². The van der Waals surface area contributed by atoms with Gasteiger partial charge >= 0.3 is 0 Å². The predicted molar refractivity (Wildman–Crippen MR) is 99.1 cm³/mol. The van der Waals surface area contributed by atoms with Gasteiger partial charge in [-0.3, -0.25) is 4.79 Å². The van der Waals surface area contributed by atoms with Gasteiger partial charge in [-0.15, -0.1) is 0 Å². The summed E-state index contributed by atoms with van der Waals surface area (Å²) < 4.78 is 0. The molecule has 1 fully saturated rings. The fourth-order valence-corrected chi connectivity index (χ4v) is 2.97. The summed E-state index contributed by atoms with van der Waals surface area (Å²) in [4.78, 5) is 20.5. The van der Waals surface area contributed by atoms with Crippen LogP contribution in [0.3, 0.4) is 0 Å². The van der Waals surface area contributed by atoms with E-state index >= 15 is 0 Å². The Morgan fingerprint density at radius 2 is 1.92 bits per heavy atom. The Balaban J connectivity index is 0.000000249. The second-order valence-electron chi connectivity index (χ2n) is 7.03. The van der Waals surface area contributed by atoms with Crippen molar-refractivity contribution in [2.24, 2.45) is 5.92 Å². The molecule has 1 aromatic heterocycles. The van der Waals surface area contributed by atoms with E-state index in [9.17, 15) is 4.79 Å². The molecule has 0 unspecified atom stereocenters. The molecule has 1 heterocycles. The fourth-order valence-electron chi connectivity index (χ4n) is 2.97. The maximum Gasteiger partial charge on any atom is 0.253 e. The van der Waals surface area contributed by atoms with Gasteiger partial charge in [-0.05, 0) is 32.8 Å². The number of carbonyl (C=O) groups is 1. The van der Waals surface area contributed by atoms with Crippen LogP contribution in [0.25, 0.3) is 10.9 Å². The molecule has 1 aromatic carbocycles. The van der Waals surface area contributed by atoms with Gasteiger partial charge < -0.3 is 5.32 Å². The number of benzene rings is 1. The number of aryl methyl sites for hydroxylation is 1. The number of hydrogen-bond donors (Lipinski definition) is 1. The number of nitrogens with one attached hydrogen (secondary N) is 1. The molecule has 3 rings (SSSR count). The van der Waals surface area contributed by atoms with Crippen LogP contribution >= 0.6 is 0 Å². The van der Waals surface area contributed by atoms with Gasteiger partial charge in [-0.25, -0.2) is 9.97 Å².